The lowest BCUT2D eigenvalue weighted by molar-refractivity contribution is -0.185. The van der Waals surface area contributed by atoms with Crippen molar-refractivity contribution in [2.45, 2.75) is 72.5 Å². The molecule has 0 aromatic heterocycles. The van der Waals surface area contributed by atoms with E-state index < -0.39 is 18.2 Å². The molecule has 18 heavy (non-hydrogen) atoms. The summed E-state index contributed by atoms with van der Waals surface area (Å²) in [7, 11) is 0. The number of hydrogen-bond donors (Lipinski definition) is 0. The van der Waals surface area contributed by atoms with Gasteiger partial charge in [0.1, 0.15) is 0 Å². The summed E-state index contributed by atoms with van der Waals surface area (Å²) < 4.78 is 9.85. The van der Waals surface area contributed by atoms with Gasteiger partial charge in [-0.1, -0.05) is 39.5 Å². The summed E-state index contributed by atoms with van der Waals surface area (Å²) in [5, 5.41) is 0. The predicted molar refractivity (Wildman–Crippen MR) is 69.9 cm³/mol. The van der Waals surface area contributed by atoms with Gasteiger partial charge in [0, 0.05) is 20.3 Å². The third-order valence-electron chi connectivity index (χ3n) is 2.57. The number of esters is 2. The first kappa shape index (κ1) is 16.9. The fourth-order valence-electron chi connectivity index (χ4n) is 1.73. The van der Waals surface area contributed by atoms with Crippen molar-refractivity contribution in [3.8, 4) is 0 Å². The highest BCUT2D eigenvalue weighted by atomic mass is 16.7. The van der Waals surface area contributed by atoms with Gasteiger partial charge in [0.05, 0.1) is 0 Å². The topological polar surface area (TPSA) is 52.6 Å². The molecule has 0 aromatic rings. The first-order valence-electron chi connectivity index (χ1n) is 6.76. The molecule has 0 aliphatic heterocycles. The van der Waals surface area contributed by atoms with E-state index >= 15 is 0 Å². The standard InChI is InChI=1S/C14H26O4/c1-11(2)9-7-5-6-8-10-14(17-12(3)15)18-13(4)16/h11,14H,5-10H2,1-4H3. The van der Waals surface area contributed by atoms with Crippen LogP contribution in [0.3, 0.4) is 0 Å². The molecule has 0 heterocycles. The maximum absolute atomic E-state index is 10.8. The maximum atomic E-state index is 10.8. The van der Waals surface area contributed by atoms with Crippen molar-refractivity contribution in [2.24, 2.45) is 5.92 Å². The monoisotopic (exact) mass is 258 g/mol. The minimum Gasteiger partial charge on any atom is -0.425 e. The maximum Gasteiger partial charge on any atom is 0.305 e. The van der Waals surface area contributed by atoms with Gasteiger partial charge in [-0.15, -0.1) is 0 Å². The van der Waals surface area contributed by atoms with Crippen molar-refractivity contribution in [1.29, 1.82) is 0 Å². The van der Waals surface area contributed by atoms with Crippen LogP contribution in [0.25, 0.3) is 0 Å². The van der Waals surface area contributed by atoms with Crippen LogP contribution < -0.4 is 0 Å². The lowest BCUT2D eigenvalue weighted by Crippen LogP contribution is -2.22. The highest BCUT2D eigenvalue weighted by Crippen LogP contribution is 2.13. The van der Waals surface area contributed by atoms with Crippen LogP contribution in [-0.4, -0.2) is 18.2 Å². The molecule has 0 radical (unpaired) electrons. The first-order valence-corrected chi connectivity index (χ1v) is 6.76. The van der Waals surface area contributed by atoms with Crippen LogP contribution in [0.15, 0.2) is 0 Å². The molecule has 4 nitrogen and oxygen atoms in total. The Morgan fingerprint density at radius 2 is 1.28 bits per heavy atom. The average molecular weight is 258 g/mol. The van der Waals surface area contributed by atoms with Crippen LogP contribution in [-0.2, 0) is 19.1 Å². The van der Waals surface area contributed by atoms with Gasteiger partial charge in [0.15, 0.2) is 0 Å². The van der Waals surface area contributed by atoms with Gasteiger partial charge in [-0.25, -0.2) is 0 Å². The lowest BCUT2D eigenvalue weighted by Gasteiger charge is -2.16. The Morgan fingerprint density at radius 3 is 1.67 bits per heavy atom. The SMILES string of the molecule is CC(=O)OC(CCCCCCC(C)C)OC(C)=O. The summed E-state index contributed by atoms with van der Waals surface area (Å²) in [6.07, 6.45) is 5.49. The molecule has 0 unspecified atom stereocenters. The molecule has 0 aromatic carbocycles. The Bertz CT molecular complexity index is 232. The van der Waals surface area contributed by atoms with E-state index in [0.717, 1.165) is 18.8 Å². The van der Waals surface area contributed by atoms with Gasteiger partial charge in [0.25, 0.3) is 0 Å². The summed E-state index contributed by atoms with van der Waals surface area (Å²) in [4.78, 5) is 21.7. The minimum absolute atomic E-state index is 0.416. The van der Waals surface area contributed by atoms with Crippen LogP contribution in [0.4, 0.5) is 0 Å². The van der Waals surface area contributed by atoms with E-state index in [4.69, 9.17) is 9.47 Å². The lowest BCUT2D eigenvalue weighted by atomic mass is 10.0. The van der Waals surface area contributed by atoms with Gasteiger partial charge < -0.3 is 9.47 Å². The smallest absolute Gasteiger partial charge is 0.305 e. The van der Waals surface area contributed by atoms with Crippen LogP contribution in [0, 0.1) is 5.92 Å². The van der Waals surface area contributed by atoms with Crippen molar-refractivity contribution in [2.75, 3.05) is 0 Å². The Morgan fingerprint density at radius 1 is 0.833 bits per heavy atom. The van der Waals surface area contributed by atoms with Gasteiger partial charge in [-0.3, -0.25) is 9.59 Å². The zero-order valence-electron chi connectivity index (χ0n) is 12.0. The summed E-state index contributed by atoms with van der Waals surface area (Å²) in [5.74, 6) is -0.0815. The molecule has 0 amide bonds. The van der Waals surface area contributed by atoms with E-state index in [9.17, 15) is 9.59 Å². The average Bonchev–Trinajstić information content (AvgIpc) is 2.20. The summed E-state index contributed by atoms with van der Waals surface area (Å²) in [6, 6.07) is 0. The number of unbranched alkanes of at least 4 members (excludes halogenated alkanes) is 3. The van der Waals surface area contributed by atoms with Gasteiger partial charge in [-0.2, -0.15) is 0 Å². The molecule has 0 atom stereocenters. The molecule has 0 spiro atoms. The number of rotatable bonds is 9. The Hall–Kier alpha value is -1.06. The van der Waals surface area contributed by atoms with Crippen molar-refractivity contribution in [1.82, 2.24) is 0 Å². The zero-order valence-corrected chi connectivity index (χ0v) is 12.0. The van der Waals surface area contributed by atoms with E-state index in [-0.39, 0.29) is 0 Å². The molecule has 0 bridgehead atoms. The minimum atomic E-state index is -0.718. The van der Waals surface area contributed by atoms with E-state index in [1.807, 2.05) is 0 Å². The van der Waals surface area contributed by atoms with E-state index in [2.05, 4.69) is 13.8 Å². The van der Waals surface area contributed by atoms with Crippen LogP contribution in [0.1, 0.15) is 66.2 Å². The van der Waals surface area contributed by atoms with E-state index in [0.29, 0.717) is 6.42 Å². The fraction of sp³-hybridized carbons (Fsp3) is 0.857. The normalized spacial score (nSPS) is 10.8. The molecule has 0 saturated carbocycles. The number of carbonyl (C=O) groups excluding carboxylic acids is 2. The van der Waals surface area contributed by atoms with Crippen molar-refractivity contribution in [3.05, 3.63) is 0 Å². The van der Waals surface area contributed by atoms with Gasteiger partial charge >= 0.3 is 11.9 Å². The third-order valence-corrected chi connectivity index (χ3v) is 2.57. The second-order valence-corrected chi connectivity index (χ2v) is 5.03. The molecule has 0 rings (SSSR count). The van der Waals surface area contributed by atoms with Crippen LogP contribution >= 0.6 is 0 Å². The van der Waals surface area contributed by atoms with Gasteiger partial charge in [0.2, 0.25) is 6.29 Å². The molecule has 4 heteroatoms. The predicted octanol–water partition coefficient (Wildman–Crippen LogP) is 3.44. The van der Waals surface area contributed by atoms with Crippen molar-refractivity contribution < 1.29 is 19.1 Å². The van der Waals surface area contributed by atoms with Crippen molar-refractivity contribution >= 4 is 11.9 Å². The zero-order chi connectivity index (χ0) is 14.0. The molecule has 0 saturated heterocycles. The van der Waals surface area contributed by atoms with Gasteiger partial charge in [-0.05, 0) is 12.3 Å². The Kier molecular flexibility index (Phi) is 9.33. The molecular formula is C14H26O4. The molecule has 0 fully saturated rings. The fourth-order valence-corrected chi connectivity index (χ4v) is 1.73. The molecule has 0 aliphatic rings. The molecular weight excluding hydrogens is 232 g/mol. The summed E-state index contributed by atoms with van der Waals surface area (Å²) in [5.41, 5.74) is 0. The summed E-state index contributed by atoms with van der Waals surface area (Å²) in [6.45, 7) is 7.08. The first-order chi connectivity index (χ1) is 8.41. The molecule has 106 valence electrons. The summed E-state index contributed by atoms with van der Waals surface area (Å²) >= 11 is 0. The highest BCUT2D eigenvalue weighted by Gasteiger charge is 2.14. The van der Waals surface area contributed by atoms with Crippen LogP contribution in [0.2, 0.25) is 0 Å². The van der Waals surface area contributed by atoms with E-state index in [1.165, 1.54) is 33.1 Å². The Balaban J connectivity index is 3.69. The van der Waals surface area contributed by atoms with Crippen molar-refractivity contribution in [3.63, 3.8) is 0 Å². The second kappa shape index (κ2) is 9.92. The molecule has 0 N–H and O–H groups in total. The number of ether oxygens (including phenoxy) is 2. The quantitative estimate of drug-likeness (QED) is 0.361. The number of carbonyl (C=O) groups is 2. The third kappa shape index (κ3) is 11.4. The largest absolute Gasteiger partial charge is 0.425 e. The Labute approximate surface area is 110 Å². The number of hydrogen-bond acceptors (Lipinski definition) is 4. The van der Waals surface area contributed by atoms with Crippen LogP contribution in [0.5, 0.6) is 0 Å². The van der Waals surface area contributed by atoms with E-state index in [1.54, 1.807) is 0 Å². The second-order valence-electron chi connectivity index (χ2n) is 5.03. The highest BCUT2D eigenvalue weighted by molar-refractivity contribution is 5.68. The molecule has 0 aliphatic carbocycles.